The van der Waals surface area contributed by atoms with Crippen LogP contribution in [0.5, 0.6) is 0 Å². The van der Waals surface area contributed by atoms with Crippen LogP contribution in [0.15, 0.2) is 18.2 Å². The van der Waals surface area contributed by atoms with Gasteiger partial charge in [-0.3, -0.25) is 0 Å². The fourth-order valence-electron chi connectivity index (χ4n) is 1.62. The maximum atomic E-state index is 12.9. The minimum atomic E-state index is -0.518. The molecule has 0 aromatic heterocycles. The summed E-state index contributed by atoms with van der Waals surface area (Å²) < 4.78 is 25.8. The highest BCUT2D eigenvalue weighted by Crippen LogP contribution is 2.24. The quantitative estimate of drug-likeness (QED) is 0.792. The number of benzene rings is 1. The summed E-state index contributed by atoms with van der Waals surface area (Å²) in [6, 6.07) is 3.65. The smallest absolute Gasteiger partial charge is 0.126 e. The molecular weight excluding hydrogens is 184 g/mol. The molecule has 1 aromatic rings. The van der Waals surface area contributed by atoms with Gasteiger partial charge in [0, 0.05) is 6.07 Å². The van der Waals surface area contributed by atoms with Gasteiger partial charge >= 0.3 is 0 Å². The van der Waals surface area contributed by atoms with E-state index in [4.69, 9.17) is 5.73 Å². The first-order valence-corrected chi connectivity index (χ1v) is 4.83. The van der Waals surface area contributed by atoms with Crippen molar-refractivity contribution in [3.05, 3.63) is 35.4 Å². The van der Waals surface area contributed by atoms with Crippen LogP contribution in [0.4, 0.5) is 8.78 Å². The van der Waals surface area contributed by atoms with Crippen LogP contribution in [0, 0.1) is 11.6 Å². The van der Waals surface area contributed by atoms with Crippen LogP contribution in [0.1, 0.15) is 31.2 Å². The van der Waals surface area contributed by atoms with Crippen LogP contribution in [-0.2, 0) is 0 Å². The van der Waals surface area contributed by atoms with E-state index < -0.39 is 11.6 Å². The molecule has 0 amide bonds. The lowest BCUT2D eigenvalue weighted by molar-refractivity contribution is 0.560. The van der Waals surface area contributed by atoms with Crippen LogP contribution in [0.3, 0.4) is 0 Å². The Kier molecular flexibility index (Phi) is 4.01. The molecule has 0 spiro atoms. The molecule has 0 saturated carbocycles. The van der Waals surface area contributed by atoms with E-state index in [9.17, 15) is 8.78 Å². The van der Waals surface area contributed by atoms with E-state index in [1.54, 1.807) is 0 Å². The number of nitrogens with two attached hydrogens (primary N) is 1. The summed E-state index contributed by atoms with van der Waals surface area (Å²) in [5.74, 6) is -0.879. The van der Waals surface area contributed by atoms with Crippen molar-refractivity contribution in [2.75, 3.05) is 6.54 Å². The highest BCUT2D eigenvalue weighted by Gasteiger charge is 2.10. The molecule has 1 atom stereocenters. The van der Waals surface area contributed by atoms with Gasteiger partial charge in [-0.25, -0.2) is 8.78 Å². The molecule has 1 rings (SSSR count). The fraction of sp³-hybridized carbons (Fsp3) is 0.455. The molecule has 2 N–H and O–H groups in total. The minimum Gasteiger partial charge on any atom is -0.330 e. The average Bonchev–Trinajstić information content (AvgIpc) is 2.12. The summed E-state index contributed by atoms with van der Waals surface area (Å²) >= 11 is 0. The zero-order valence-corrected chi connectivity index (χ0v) is 8.26. The van der Waals surface area contributed by atoms with E-state index in [-0.39, 0.29) is 5.92 Å². The summed E-state index contributed by atoms with van der Waals surface area (Å²) in [6.45, 7) is 2.53. The SMILES string of the molecule is CCC(CCN)c1cc(F)cc(F)c1. The van der Waals surface area contributed by atoms with Crippen molar-refractivity contribution in [3.63, 3.8) is 0 Å². The van der Waals surface area contributed by atoms with Gasteiger partial charge in [0.25, 0.3) is 0 Å². The Morgan fingerprint density at radius 2 is 1.79 bits per heavy atom. The summed E-state index contributed by atoms with van der Waals surface area (Å²) in [5, 5.41) is 0. The molecule has 14 heavy (non-hydrogen) atoms. The molecule has 0 aliphatic rings. The van der Waals surface area contributed by atoms with Gasteiger partial charge in [0.2, 0.25) is 0 Å². The molecule has 1 unspecified atom stereocenters. The summed E-state index contributed by atoms with van der Waals surface area (Å²) in [7, 11) is 0. The van der Waals surface area contributed by atoms with E-state index in [0.717, 1.165) is 18.9 Å². The lowest BCUT2D eigenvalue weighted by Crippen LogP contribution is -2.07. The van der Waals surface area contributed by atoms with Gasteiger partial charge in [0.05, 0.1) is 0 Å². The second kappa shape index (κ2) is 5.05. The van der Waals surface area contributed by atoms with Crippen molar-refractivity contribution in [1.29, 1.82) is 0 Å². The van der Waals surface area contributed by atoms with Gasteiger partial charge in [0.1, 0.15) is 11.6 Å². The predicted molar refractivity (Wildman–Crippen MR) is 53.1 cm³/mol. The van der Waals surface area contributed by atoms with Gasteiger partial charge in [-0.1, -0.05) is 6.92 Å². The third-order valence-electron chi connectivity index (χ3n) is 2.36. The Hall–Kier alpha value is -0.960. The highest BCUT2D eigenvalue weighted by atomic mass is 19.1. The van der Waals surface area contributed by atoms with Gasteiger partial charge in [-0.15, -0.1) is 0 Å². The Bertz CT molecular complexity index is 279. The van der Waals surface area contributed by atoms with E-state index in [0.29, 0.717) is 12.1 Å². The van der Waals surface area contributed by atoms with Gasteiger partial charge in [0.15, 0.2) is 0 Å². The van der Waals surface area contributed by atoms with Gasteiger partial charge in [-0.2, -0.15) is 0 Å². The molecule has 0 saturated heterocycles. The number of rotatable bonds is 4. The maximum Gasteiger partial charge on any atom is 0.126 e. The lowest BCUT2D eigenvalue weighted by Gasteiger charge is -2.14. The molecule has 0 aliphatic carbocycles. The Labute approximate surface area is 82.9 Å². The van der Waals surface area contributed by atoms with E-state index in [1.807, 2.05) is 6.92 Å². The fourth-order valence-corrected chi connectivity index (χ4v) is 1.62. The standard InChI is InChI=1S/C11H15F2N/c1-2-8(3-4-14)9-5-10(12)7-11(13)6-9/h5-8H,2-4,14H2,1H3. The van der Waals surface area contributed by atoms with Crippen LogP contribution in [0.25, 0.3) is 0 Å². The average molecular weight is 199 g/mol. The molecule has 0 radical (unpaired) electrons. The van der Waals surface area contributed by atoms with E-state index in [1.165, 1.54) is 12.1 Å². The Morgan fingerprint density at radius 3 is 2.21 bits per heavy atom. The zero-order chi connectivity index (χ0) is 10.6. The van der Waals surface area contributed by atoms with E-state index >= 15 is 0 Å². The Morgan fingerprint density at radius 1 is 1.21 bits per heavy atom. The van der Waals surface area contributed by atoms with Crippen molar-refractivity contribution in [2.45, 2.75) is 25.7 Å². The molecule has 1 nitrogen and oxygen atoms in total. The third kappa shape index (κ3) is 2.77. The van der Waals surface area contributed by atoms with Crippen LogP contribution < -0.4 is 5.73 Å². The second-order valence-corrected chi connectivity index (χ2v) is 3.39. The molecule has 0 heterocycles. The van der Waals surface area contributed by atoms with Crippen molar-refractivity contribution in [3.8, 4) is 0 Å². The molecule has 3 heteroatoms. The first kappa shape index (κ1) is 11.1. The van der Waals surface area contributed by atoms with E-state index in [2.05, 4.69) is 0 Å². The zero-order valence-electron chi connectivity index (χ0n) is 8.26. The maximum absolute atomic E-state index is 12.9. The summed E-state index contributed by atoms with van der Waals surface area (Å²) in [6.07, 6.45) is 1.61. The minimum absolute atomic E-state index is 0.158. The van der Waals surface area contributed by atoms with Crippen molar-refractivity contribution < 1.29 is 8.78 Å². The van der Waals surface area contributed by atoms with Gasteiger partial charge < -0.3 is 5.73 Å². The molecule has 0 bridgehead atoms. The van der Waals surface area contributed by atoms with Crippen LogP contribution >= 0.6 is 0 Å². The van der Waals surface area contributed by atoms with Crippen LogP contribution in [-0.4, -0.2) is 6.54 Å². The number of halogens is 2. The molecular formula is C11H15F2N. The normalized spacial score (nSPS) is 12.9. The van der Waals surface area contributed by atoms with Crippen LogP contribution in [0.2, 0.25) is 0 Å². The molecule has 1 aromatic carbocycles. The topological polar surface area (TPSA) is 26.0 Å². The Balaban J connectivity index is 2.91. The van der Waals surface area contributed by atoms with Gasteiger partial charge in [-0.05, 0) is 43.0 Å². The number of hydrogen-bond acceptors (Lipinski definition) is 1. The molecule has 0 fully saturated rings. The lowest BCUT2D eigenvalue weighted by atomic mass is 9.93. The van der Waals surface area contributed by atoms with Crippen molar-refractivity contribution >= 4 is 0 Å². The first-order valence-electron chi connectivity index (χ1n) is 4.83. The monoisotopic (exact) mass is 199 g/mol. The summed E-state index contributed by atoms with van der Waals surface area (Å²) in [4.78, 5) is 0. The highest BCUT2D eigenvalue weighted by molar-refractivity contribution is 5.21. The molecule has 0 aliphatic heterocycles. The largest absolute Gasteiger partial charge is 0.330 e. The van der Waals surface area contributed by atoms with Crippen molar-refractivity contribution in [1.82, 2.24) is 0 Å². The first-order chi connectivity index (χ1) is 6.67. The second-order valence-electron chi connectivity index (χ2n) is 3.39. The third-order valence-corrected chi connectivity index (χ3v) is 2.36. The number of hydrogen-bond donors (Lipinski definition) is 1. The van der Waals surface area contributed by atoms with Crippen molar-refractivity contribution in [2.24, 2.45) is 5.73 Å². The molecule has 78 valence electrons. The summed E-state index contributed by atoms with van der Waals surface area (Å²) in [5.41, 5.74) is 6.14. The predicted octanol–water partition coefficient (Wildman–Crippen LogP) is 2.81.